The molecule has 2 unspecified atom stereocenters. The van der Waals surface area contributed by atoms with Gasteiger partial charge in [0.05, 0.1) is 13.2 Å². The highest BCUT2D eigenvalue weighted by molar-refractivity contribution is 5.82. The minimum absolute atomic E-state index is 0.246. The van der Waals surface area contributed by atoms with Crippen LogP contribution >= 0.6 is 0 Å². The summed E-state index contributed by atoms with van der Waals surface area (Å²) in [5.74, 6) is 1.61. The first-order valence-corrected chi connectivity index (χ1v) is 4.70. The molecule has 2 rings (SSSR count). The third-order valence-electron chi connectivity index (χ3n) is 2.80. The first-order chi connectivity index (χ1) is 5.84. The van der Waals surface area contributed by atoms with Gasteiger partial charge >= 0.3 is 0 Å². The minimum atomic E-state index is 0.246. The van der Waals surface area contributed by atoms with Gasteiger partial charge in [-0.05, 0) is 18.3 Å². The molecule has 1 aliphatic carbocycles. The number of fused-ring (bicyclic) bond motifs is 1. The Morgan fingerprint density at radius 3 is 2.75 bits per heavy atom. The van der Waals surface area contributed by atoms with Crippen molar-refractivity contribution in [2.45, 2.75) is 13.3 Å². The van der Waals surface area contributed by atoms with Crippen LogP contribution in [0.25, 0.3) is 0 Å². The van der Waals surface area contributed by atoms with Crippen LogP contribution in [0.15, 0.2) is 0 Å². The molecule has 0 aromatic carbocycles. The zero-order chi connectivity index (χ0) is 8.55. The van der Waals surface area contributed by atoms with Crippen molar-refractivity contribution in [3.8, 4) is 0 Å². The van der Waals surface area contributed by atoms with Gasteiger partial charge in [-0.2, -0.15) is 0 Å². The molecule has 2 fully saturated rings. The van der Waals surface area contributed by atoms with Gasteiger partial charge in [0.1, 0.15) is 0 Å². The van der Waals surface area contributed by atoms with Gasteiger partial charge in [-0.15, -0.1) is 0 Å². The molecule has 1 amide bonds. The van der Waals surface area contributed by atoms with Gasteiger partial charge in [0.15, 0.2) is 0 Å². The molecule has 0 aromatic heterocycles. The SMILES string of the molecule is CCCNC(=O)C1C2COCC21. The Hall–Kier alpha value is -0.570. The van der Waals surface area contributed by atoms with Crippen molar-refractivity contribution in [1.29, 1.82) is 0 Å². The largest absolute Gasteiger partial charge is 0.381 e. The quantitative estimate of drug-likeness (QED) is 0.664. The smallest absolute Gasteiger partial charge is 0.223 e. The highest BCUT2D eigenvalue weighted by atomic mass is 16.5. The number of ether oxygens (including phenoxy) is 1. The van der Waals surface area contributed by atoms with Crippen LogP contribution in [0.1, 0.15) is 13.3 Å². The molecule has 0 bridgehead atoms. The number of amides is 1. The van der Waals surface area contributed by atoms with E-state index in [4.69, 9.17) is 4.74 Å². The summed E-state index contributed by atoms with van der Waals surface area (Å²) in [4.78, 5) is 11.4. The maximum atomic E-state index is 11.4. The van der Waals surface area contributed by atoms with Crippen LogP contribution < -0.4 is 5.32 Å². The summed E-state index contributed by atoms with van der Waals surface area (Å²) in [6.07, 6.45) is 1.02. The third-order valence-corrected chi connectivity index (χ3v) is 2.80. The maximum Gasteiger partial charge on any atom is 0.223 e. The summed E-state index contributed by atoms with van der Waals surface area (Å²) in [6, 6.07) is 0. The van der Waals surface area contributed by atoms with Crippen LogP contribution in [0.2, 0.25) is 0 Å². The Bertz CT molecular complexity index is 183. The second-order valence-corrected chi connectivity index (χ2v) is 3.68. The van der Waals surface area contributed by atoms with E-state index in [9.17, 15) is 4.79 Å². The Balaban J connectivity index is 1.76. The van der Waals surface area contributed by atoms with E-state index in [1.807, 2.05) is 0 Å². The molecule has 3 heteroatoms. The van der Waals surface area contributed by atoms with Gasteiger partial charge in [-0.3, -0.25) is 4.79 Å². The number of carbonyl (C=O) groups is 1. The number of rotatable bonds is 3. The molecular weight excluding hydrogens is 154 g/mol. The lowest BCUT2D eigenvalue weighted by Gasteiger charge is -2.04. The average Bonchev–Trinajstić information content (AvgIpc) is 2.56. The van der Waals surface area contributed by atoms with Crippen molar-refractivity contribution >= 4 is 5.91 Å². The molecule has 0 spiro atoms. The molecule has 1 saturated carbocycles. The lowest BCUT2D eigenvalue weighted by molar-refractivity contribution is -0.123. The second-order valence-electron chi connectivity index (χ2n) is 3.68. The van der Waals surface area contributed by atoms with E-state index < -0.39 is 0 Å². The van der Waals surface area contributed by atoms with Crippen LogP contribution in [0.3, 0.4) is 0 Å². The lowest BCUT2D eigenvalue weighted by atomic mass is 10.3. The first kappa shape index (κ1) is 8.05. The number of hydrogen-bond acceptors (Lipinski definition) is 2. The highest BCUT2D eigenvalue weighted by Crippen LogP contribution is 2.50. The van der Waals surface area contributed by atoms with Gasteiger partial charge in [0, 0.05) is 12.5 Å². The van der Waals surface area contributed by atoms with Crippen molar-refractivity contribution in [1.82, 2.24) is 5.32 Å². The summed E-state index contributed by atoms with van der Waals surface area (Å²) in [7, 11) is 0. The van der Waals surface area contributed by atoms with Crippen LogP contribution in [0, 0.1) is 17.8 Å². The Morgan fingerprint density at radius 1 is 1.50 bits per heavy atom. The van der Waals surface area contributed by atoms with Gasteiger partial charge in [-0.1, -0.05) is 6.92 Å². The molecule has 1 aliphatic heterocycles. The molecule has 0 radical (unpaired) electrons. The van der Waals surface area contributed by atoms with E-state index in [1.54, 1.807) is 0 Å². The normalized spacial score (nSPS) is 37.6. The summed E-state index contributed by atoms with van der Waals surface area (Å²) in [6.45, 7) is 4.48. The van der Waals surface area contributed by atoms with E-state index in [2.05, 4.69) is 12.2 Å². The summed E-state index contributed by atoms with van der Waals surface area (Å²) >= 11 is 0. The predicted octanol–water partition coefficient (Wildman–Crippen LogP) is 0.405. The van der Waals surface area contributed by atoms with Crippen molar-refractivity contribution < 1.29 is 9.53 Å². The molecule has 2 aliphatic rings. The standard InChI is InChI=1S/C9H15NO2/c1-2-3-10-9(11)8-6-4-12-5-7(6)8/h6-8H,2-5H2,1H3,(H,10,11). The fourth-order valence-corrected chi connectivity index (χ4v) is 1.99. The summed E-state index contributed by atoms with van der Waals surface area (Å²) in [5, 5.41) is 2.93. The summed E-state index contributed by atoms with van der Waals surface area (Å²) < 4.78 is 5.21. The average molecular weight is 169 g/mol. The molecule has 1 heterocycles. The fourth-order valence-electron chi connectivity index (χ4n) is 1.99. The predicted molar refractivity (Wildman–Crippen MR) is 44.6 cm³/mol. The van der Waals surface area contributed by atoms with Crippen molar-refractivity contribution in [3.05, 3.63) is 0 Å². The number of nitrogens with one attached hydrogen (secondary N) is 1. The zero-order valence-corrected chi connectivity index (χ0v) is 7.38. The molecule has 2 atom stereocenters. The monoisotopic (exact) mass is 169 g/mol. The van der Waals surface area contributed by atoms with E-state index in [-0.39, 0.29) is 11.8 Å². The topological polar surface area (TPSA) is 38.3 Å². The molecule has 68 valence electrons. The van der Waals surface area contributed by atoms with Crippen molar-refractivity contribution in [3.63, 3.8) is 0 Å². The number of hydrogen-bond donors (Lipinski definition) is 1. The van der Waals surface area contributed by atoms with Crippen LogP contribution in [0.5, 0.6) is 0 Å². The first-order valence-electron chi connectivity index (χ1n) is 4.70. The van der Waals surface area contributed by atoms with Crippen LogP contribution in [-0.4, -0.2) is 25.7 Å². The summed E-state index contributed by atoms with van der Waals surface area (Å²) in [5.41, 5.74) is 0. The molecule has 1 N–H and O–H groups in total. The lowest BCUT2D eigenvalue weighted by Crippen LogP contribution is -2.28. The van der Waals surface area contributed by atoms with Gasteiger partial charge in [0.2, 0.25) is 5.91 Å². The molecular formula is C9H15NO2. The maximum absolute atomic E-state index is 11.4. The van der Waals surface area contributed by atoms with Crippen LogP contribution in [0.4, 0.5) is 0 Å². The van der Waals surface area contributed by atoms with Gasteiger partial charge in [0.25, 0.3) is 0 Å². The van der Waals surface area contributed by atoms with E-state index in [1.165, 1.54) is 0 Å². The second kappa shape index (κ2) is 3.05. The highest BCUT2D eigenvalue weighted by Gasteiger charge is 2.57. The number of carbonyl (C=O) groups excluding carboxylic acids is 1. The zero-order valence-electron chi connectivity index (χ0n) is 7.38. The molecule has 1 saturated heterocycles. The Labute approximate surface area is 72.5 Å². The van der Waals surface area contributed by atoms with E-state index in [0.29, 0.717) is 11.8 Å². The Morgan fingerprint density at radius 2 is 2.17 bits per heavy atom. The molecule has 0 aromatic rings. The fraction of sp³-hybridized carbons (Fsp3) is 0.889. The van der Waals surface area contributed by atoms with E-state index >= 15 is 0 Å². The Kier molecular flexibility index (Phi) is 2.05. The van der Waals surface area contributed by atoms with E-state index in [0.717, 1.165) is 26.2 Å². The van der Waals surface area contributed by atoms with Crippen molar-refractivity contribution in [2.24, 2.45) is 17.8 Å². The van der Waals surface area contributed by atoms with Crippen molar-refractivity contribution in [2.75, 3.05) is 19.8 Å². The van der Waals surface area contributed by atoms with Gasteiger partial charge in [-0.25, -0.2) is 0 Å². The van der Waals surface area contributed by atoms with Gasteiger partial charge < -0.3 is 10.1 Å². The molecule has 12 heavy (non-hydrogen) atoms. The third kappa shape index (κ3) is 1.22. The van der Waals surface area contributed by atoms with Crippen LogP contribution in [-0.2, 0) is 9.53 Å². The molecule has 3 nitrogen and oxygen atoms in total. The minimum Gasteiger partial charge on any atom is -0.381 e.